The van der Waals surface area contributed by atoms with Gasteiger partial charge in [-0.05, 0) is 48.6 Å². The Balaban J connectivity index is 1.52. The number of hydrogen-bond donors (Lipinski definition) is 1. The van der Waals surface area contributed by atoms with E-state index in [4.69, 9.17) is 0 Å². The molecule has 1 N–H and O–H groups in total. The monoisotopic (exact) mass is 330 g/mol. The largest absolute Gasteiger partial charge is 0.322 e. The lowest BCUT2D eigenvalue weighted by molar-refractivity contribution is 0.102. The molecule has 3 nitrogen and oxygen atoms in total. The zero-order valence-corrected chi connectivity index (χ0v) is 14.2. The van der Waals surface area contributed by atoms with Crippen LogP contribution in [0.4, 0.5) is 5.69 Å². The Bertz CT molecular complexity index is 875. The van der Waals surface area contributed by atoms with Crippen molar-refractivity contribution < 1.29 is 4.79 Å². The molecular formula is C22H22N2O. The fraction of sp³-hybridized carbons (Fsp3) is 0.273. The summed E-state index contributed by atoms with van der Waals surface area (Å²) in [5.74, 6) is 0.565. The second kappa shape index (κ2) is 7.06. The number of carbonyl (C=O) groups excluding carboxylic acids is 1. The first kappa shape index (κ1) is 15.8. The van der Waals surface area contributed by atoms with Gasteiger partial charge >= 0.3 is 0 Å². The Morgan fingerprint density at radius 1 is 0.920 bits per heavy atom. The van der Waals surface area contributed by atoms with Crippen molar-refractivity contribution in [1.29, 1.82) is 0 Å². The lowest BCUT2D eigenvalue weighted by Crippen LogP contribution is -2.13. The summed E-state index contributed by atoms with van der Waals surface area (Å²) in [6.07, 6.45) is 8.32. The van der Waals surface area contributed by atoms with E-state index < -0.39 is 0 Å². The van der Waals surface area contributed by atoms with E-state index in [-0.39, 0.29) is 5.91 Å². The van der Waals surface area contributed by atoms with E-state index in [2.05, 4.69) is 22.4 Å². The first-order valence-corrected chi connectivity index (χ1v) is 9.06. The van der Waals surface area contributed by atoms with Crippen LogP contribution in [0.1, 0.15) is 53.9 Å². The number of amides is 1. The van der Waals surface area contributed by atoms with Crippen LogP contribution in [0.15, 0.2) is 60.8 Å². The standard InChI is InChI=1S/C22H22N2O/c25-22(20-10-4-8-18-9-5-15-23-21(18)20)24-19-13-11-17(12-14-19)16-6-2-1-3-7-16/h4-5,8-16H,1-3,6-7H2,(H,24,25). The number of benzene rings is 2. The fourth-order valence-corrected chi connectivity index (χ4v) is 3.76. The molecule has 1 aliphatic carbocycles. The van der Waals surface area contributed by atoms with Gasteiger partial charge in [0.25, 0.3) is 5.91 Å². The van der Waals surface area contributed by atoms with Crippen molar-refractivity contribution in [1.82, 2.24) is 4.98 Å². The van der Waals surface area contributed by atoms with E-state index in [9.17, 15) is 4.79 Å². The third-order valence-electron chi connectivity index (χ3n) is 5.12. The van der Waals surface area contributed by atoms with Crippen LogP contribution in [0, 0.1) is 0 Å². The van der Waals surface area contributed by atoms with Crippen molar-refractivity contribution in [3.63, 3.8) is 0 Å². The van der Waals surface area contributed by atoms with Crippen LogP contribution in [0.3, 0.4) is 0 Å². The summed E-state index contributed by atoms with van der Waals surface area (Å²) in [6, 6.07) is 17.9. The highest BCUT2D eigenvalue weighted by atomic mass is 16.1. The molecule has 0 aliphatic heterocycles. The van der Waals surface area contributed by atoms with Crippen LogP contribution >= 0.6 is 0 Å². The zero-order valence-electron chi connectivity index (χ0n) is 14.2. The number of anilines is 1. The number of fused-ring (bicyclic) bond motifs is 1. The molecule has 2 aromatic carbocycles. The molecule has 1 aromatic heterocycles. The molecule has 0 atom stereocenters. The molecule has 1 saturated carbocycles. The van der Waals surface area contributed by atoms with Crippen molar-refractivity contribution in [2.45, 2.75) is 38.0 Å². The number of nitrogens with one attached hydrogen (secondary N) is 1. The number of rotatable bonds is 3. The van der Waals surface area contributed by atoms with Gasteiger partial charge in [-0.25, -0.2) is 0 Å². The number of nitrogens with zero attached hydrogens (tertiary/aromatic N) is 1. The van der Waals surface area contributed by atoms with Crippen LogP contribution in [-0.4, -0.2) is 10.9 Å². The summed E-state index contributed by atoms with van der Waals surface area (Å²) in [6.45, 7) is 0. The topological polar surface area (TPSA) is 42.0 Å². The average Bonchev–Trinajstić information content (AvgIpc) is 2.69. The Morgan fingerprint density at radius 2 is 1.68 bits per heavy atom. The third-order valence-corrected chi connectivity index (χ3v) is 5.12. The highest BCUT2D eigenvalue weighted by Gasteiger charge is 2.16. The van der Waals surface area contributed by atoms with Gasteiger partial charge in [0.05, 0.1) is 11.1 Å². The summed E-state index contributed by atoms with van der Waals surface area (Å²) >= 11 is 0. The lowest BCUT2D eigenvalue weighted by Gasteiger charge is -2.22. The Kier molecular flexibility index (Phi) is 4.47. The van der Waals surface area contributed by atoms with Crippen molar-refractivity contribution in [2.75, 3.05) is 5.32 Å². The van der Waals surface area contributed by atoms with E-state index >= 15 is 0 Å². The van der Waals surface area contributed by atoms with Crippen LogP contribution in [0.2, 0.25) is 0 Å². The quantitative estimate of drug-likeness (QED) is 0.685. The van der Waals surface area contributed by atoms with Crippen LogP contribution in [0.5, 0.6) is 0 Å². The maximum atomic E-state index is 12.7. The molecule has 3 heteroatoms. The molecule has 25 heavy (non-hydrogen) atoms. The SMILES string of the molecule is O=C(Nc1ccc(C2CCCCC2)cc1)c1cccc2cccnc12. The van der Waals surface area contributed by atoms with E-state index in [1.54, 1.807) is 6.20 Å². The summed E-state index contributed by atoms with van der Waals surface area (Å²) in [5, 5.41) is 3.98. The summed E-state index contributed by atoms with van der Waals surface area (Å²) < 4.78 is 0. The van der Waals surface area contributed by atoms with E-state index in [0.717, 1.165) is 16.6 Å². The van der Waals surface area contributed by atoms with Gasteiger partial charge in [0.2, 0.25) is 0 Å². The maximum Gasteiger partial charge on any atom is 0.257 e. The fourth-order valence-electron chi connectivity index (χ4n) is 3.76. The average molecular weight is 330 g/mol. The zero-order chi connectivity index (χ0) is 17.1. The molecule has 126 valence electrons. The third kappa shape index (κ3) is 3.41. The minimum atomic E-state index is -0.116. The molecule has 0 unspecified atom stereocenters. The molecule has 0 saturated heterocycles. The molecule has 1 fully saturated rings. The lowest BCUT2D eigenvalue weighted by atomic mass is 9.84. The molecule has 0 radical (unpaired) electrons. The van der Waals surface area contributed by atoms with Crippen molar-refractivity contribution in [2.24, 2.45) is 0 Å². The number of hydrogen-bond acceptors (Lipinski definition) is 2. The summed E-state index contributed by atoms with van der Waals surface area (Å²) in [4.78, 5) is 17.0. The number of aromatic nitrogens is 1. The Hall–Kier alpha value is -2.68. The highest BCUT2D eigenvalue weighted by molar-refractivity contribution is 6.11. The van der Waals surface area contributed by atoms with Gasteiger partial charge in [-0.2, -0.15) is 0 Å². The predicted octanol–water partition coefficient (Wildman–Crippen LogP) is 5.53. The normalized spacial score (nSPS) is 15.2. The Morgan fingerprint density at radius 3 is 2.48 bits per heavy atom. The number of pyridine rings is 1. The van der Waals surface area contributed by atoms with Gasteiger partial charge in [0.15, 0.2) is 0 Å². The first-order valence-electron chi connectivity index (χ1n) is 9.06. The number of para-hydroxylation sites is 1. The van der Waals surface area contributed by atoms with Crippen LogP contribution in [-0.2, 0) is 0 Å². The van der Waals surface area contributed by atoms with Crippen molar-refractivity contribution >= 4 is 22.5 Å². The van der Waals surface area contributed by atoms with Gasteiger partial charge in [0, 0.05) is 17.3 Å². The van der Waals surface area contributed by atoms with Gasteiger partial charge in [0.1, 0.15) is 0 Å². The highest BCUT2D eigenvalue weighted by Crippen LogP contribution is 2.33. The molecule has 1 aliphatic rings. The second-order valence-electron chi connectivity index (χ2n) is 6.79. The molecule has 1 heterocycles. The molecular weight excluding hydrogens is 308 g/mol. The maximum absolute atomic E-state index is 12.7. The molecule has 3 aromatic rings. The van der Waals surface area contributed by atoms with Crippen molar-refractivity contribution in [3.8, 4) is 0 Å². The molecule has 4 rings (SSSR count). The van der Waals surface area contributed by atoms with Crippen LogP contribution in [0.25, 0.3) is 10.9 Å². The van der Waals surface area contributed by atoms with E-state index in [0.29, 0.717) is 11.5 Å². The van der Waals surface area contributed by atoms with Gasteiger partial charge < -0.3 is 5.32 Å². The van der Waals surface area contributed by atoms with Gasteiger partial charge in [-0.15, -0.1) is 0 Å². The minimum Gasteiger partial charge on any atom is -0.322 e. The molecule has 0 spiro atoms. The smallest absolute Gasteiger partial charge is 0.257 e. The minimum absolute atomic E-state index is 0.116. The first-order chi connectivity index (χ1) is 12.3. The van der Waals surface area contributed by atoms with E-state index in [1.165, 1.54) is 37.7 Å². The Labute approximate surface area is 148 Å². The van der Waals surface area contributed by atoms with Gasteiger partial charge in [-0.1, -0.05) is 49.6 Å². The predicted molar refractivity (Wildman–Crippen MR) is 102 cm³/mol. The van der Waals surface area contributed by atoms with Crippen LogP contribution < -0.4 is 5.32 Å². The summed E-state index contributed by atoms with van der Waals surface area (Å²) in [7, 11) is 0. The molecule has 1 amide bonds. The summed E-state index contributed by atoms with van der Waals surface area (Å²) in [5.41, 5.74) is 3.57. The number of carbonyl (C=O) groups is 1. The second-order valence-corrected chi connectivity index (χ2v) is 6.79. The van der Waals surface area contributed by atoms with Crippen molar-refractivity contribution in [3.05, 3.63) is 71.9 Å². The van der Waals surface area contributed by atoms with E-state index in [1.807, 2.05) is 42.5 Å². The molecule has 0 bridgehead atoms. The van der Waals surface area contributed by atoms with Gasteiger partial charge in [-0.3, -0.25) is 9.78 Å².